The highest BCUT2D eigenvalue weighted by Gasteiger charge is 2.10. The van der Waals surface area contributed by atoms with Gasteiger partial charge < -0.3 is 20.5 Å². The molecule has 5 nitrogen and oxygen atoms in total. The van der Waals surface area contributed by atoms with Crippen molar-refractivity contribution in [2.75, 3.05) is 12.4 Å². The number of hydrogen-bond acceptors (Lipinski definition) is 3. The number of hydrogen-bond donors (Lipinski definition) is 2. The van der Waals surface area contributed by atoms with E-state index in [0.717, 1.165) is 5.56 Å². The van der Waals surface area contributed by atoms with Crippen molar-refractivity contribution in [1.29, 1.82) is 0 Å². The molecule has 0 amide bonds. The zero-order chi connectivity index (χ0) is 17.5. The molecule has 0 aliphatic carbocycles. The number of anilines is 1. The monoisotopic (exact) mass is 335 g/mol. The van der Waals surface area contributed by atoms with Crippen molar-refractivity contribution in [1.82, 2.24) is 0 Å². The second-order valence-electron chi connectivity index (χ2n) is 5.02. The summed E-state index contributed by atoms with van der Waals surface area (Å²) in [7, 11) is 1.55. The number of nitrogens with one attached hydrogen (secondary N) is 1. The van der Waals surface area contributed by atoms with Crippen molar-refractivity contribution in [3.63, 3.8) is 0 Å². The number of nitrogens with zero attached hydrogens (tertiary/aromatic N) is 1. The molecular formula is C17H19F2N3O2. The first-order valence-electron chi connectivity index (χ1n) is 7.24. The number of rotatable bonds is 6. The van der Waals surface area contributed by atoms with Crippen LogP contribution in [0.1, 0.15) is 11.1 Å². The van der Waals surface area contributed by atoms with Gasteiger partial charge in [-0.2, -0.15) is 8.78 Å². The maximum Gasteiger partial charge on any atom is 0.387 e. The first-order valence-corrected chi connectivity index (χ1v) is 7.24. The summed E-state index contributed by atoms with van der Waals surface area (Å²) in [6, 6.07) is 12.2. The zero-order valence-electron chi connectivity index (χ0n) is 13.4. The highest BCUT2D eigenvalue weighted by Crippen LogP contribution is 2.24. The van der Waals surface area contributed by atoms with Crippen molar-refractivity contribution >= 4 is 11.6 Å². The van der Waals surface area contributed by atoms with Crippen LogP contribution < -0.4 is 20.5 Å². The Morgan fingerprint density at radius 3 is 2.67 bits per heavy atom. The quantitative estimate of drug-likeness (QED) is 0.626. The van der Waals surface area contributed by atoms with Crippen molar-refractivity contribution in [2.24, 2.45) is 10.7 Å². The van der Waals surface area contributed by atoms with E-state index >= 15 is 0 Å². The molecule has 0 aliphatic rings. The van der Waals surface area contributed by atoms with Gasteiger partial charge in [-0.1, -0.05) is 29.8 Å². The van der Waals surface area contributed by atoms with E-state index in [1.807, 2.05) is 19.1 Å². The van der Waals surface area contributed by atoms with Crippen molar-refractivity contribution in [2.45, 2.75) is 20.1 Å². The predicted molar refractivity (Wildman–Crippen MR) is 89.8 cm³/mol. The van der Waals surface area contributed by atoms with Gasteiger partial charge in [-0.05, 0) is 25.1 Å². The van der Waals surface area contributed by atoms with Gasteiger partial charge in [0.25, 0.3) is 0 Å². The number of aryl methyl sites for hydroxylation is 1. The molecule has 2 aromatic rings. The topological polar surface area (TPSA) is 68.9 Å². The molecule has 0 unspecified atom stereocenters. The van der Waals surface area contributed by atoms with E-state index in [1.165, 1.54) is 6.07 Å². The number of ether oxygens (including phenoxy) is 2. The smallest absolute Gasteiger partial charge is 0.387 e. The number of guanidine groups is 1. The van der Waals surface area contributed by atoms with E-state index in [0.29, 0.717) is 17.0 Å². The Kier molecular flexibility index (Phi) is 5.95. The summed E-state index contributed by atoms with van der Waals surface area (Å²) < 4.78 is 34.6. The molecule has 0 heterocycles. The first kappa shape index (κ1) is 17.5. The Bertz CT molecular complexity index is 721. The van der Waals surface area contributed by atoms with Crippen molar-refractivity contribution in [3.8, 4) is 11.5 Å². The molecule has 0 saturated heterocycles. The highest BCUT2D eigenvalue weighted by molar-refractivity contribution is 5.93. The fraction of sp³-hybridized carbons (Fsp3) is 0.235. The normalized spacial score (nSPS) is 11.5. The second-order valence-corrected chi connectivity index (χ2v) is 5.02. The Balaban J connectivity index is 2.13. The maximum atomic E-state index is 12.5. The van der Waals surface area contributed by atoms with Crippen LogP contribution in [-0.2, 0) is 6.54 Å². The molecule has 128 valence electrons. The summed E-state index contributed by atoms with van der Waals surface area (Å²) in [5.74, 6) is 0.848. The number of aliphatic imine (C=N–C) groups is 1. The van der Waals surface area contributed by atoms with Gasteiger partial charge in [0.2, 0.25) is 0 Å². The summed E-state index contributed by atoms with van der Waals surface area (Å²) in [5, 5.41) is 2.92. The molecule has 0 fully saturated rings. The van der Waals surface area contributed by atoms with Crippen molar-refractivity contribution < 1.29 is 18.3 Å². The van der Waals surface area contributed by atoms with Crippen LogP contribution in [0.15, 0.2) is 47.5 Å². The summed E-state index contributed by atoms with van der Waals surface area (Å²) in [6.45, 7) is -0.924. The van der Waals surface area contributed by atoms with Crippen LogP contribution in [0.5, 0.6) is 11.5 Å². The first-order chi connectivity index (χ1) is 11.5. The van der Waals surface area contributed by atoms with Gasteiger partial charge in [-0.15, -0.1) is 0 Å². The Morgan fingerprint density at radius 2 is 1.96 bits per heavy atom. The van der Waals surface area contributed by atoms with E-state index in [2.05, 4.69) is 15.0 Å². The molecular weight excluding hydrogens is 316 g/mol. The van der Waals surface area contributed by atoms with E-state index in [4.69, 9.17) is 10.5 Å². The molecule has 0 saturated carbocycles. The minimum atomic E-state index is -2.89. The third-order valence-corrected chi connectivity index (χ3v) is 3.22. The fourth-order valence-electron chi connectivity index (χ4n) is 2.14. The SMILES string of the molecule is COc1ccccc1NC(N)=NCc1cc(C)ccc1OC(F)F. The lowest BCUT2D eigenvalue weighted by Crippen LogP contribution is -2.23. The molecule has 2 rings (SSSR count). The summed E-state index contributed by atoms with van der Waals surface area (Å²) >= 11 is 0. The zero-order valence-corrected chi connectivity index (χ0v) is 13.4. The molecule has 2 aromatic carbocycles. The minimum absolute atomic E-state index is 0.0874. The third kappa shape index (κ3) is 4.84. The maximum absolute atomic E-state index is 12.5. The van der Waals surface area contributed by atoms with E-state index in [-0.39, 0.29) is 18.3 Å². The van der Waals surface area contributed by atoms with Gasteiger partial charge in [-0.25, -0.2) is 4.99 Å². The number of nitrogens with two attached hydrogens (primary N) is 1. The predicted octanol–water partition coefficient (Wildman–Crippen LogP) is 3.53. The number of halogens is 2. The van der Waals surface area contributed by atoms with Gasteiger partial charge in [0.15, 0.2) is 5.96 Å². The standard InChI is InChI=1S/C17H19F2N3O2/c1-11-7-8-14(24-16(18)19)12(9-11)10-21-17(20)22-13-5-3-4-6-15(13)23-2/h3-9,16H,10H2,1-2H3,(H3,20,21,22). The lowest BCUT2D eigenvalue weighted by molar-refractivity contribution is -0.0504. The summed E-state index contributed by atoms with van der Waals surface area (Å²) in [5.41, 5.74) is 7.97. The molecule has 0 aliphatic heterocycles. The molecule has 0 radical (unpaired) electrons. The van der Waals surface area contributed by atoms with E-state index in [1.54, 1.807) is 31.4 Å². The average molecular weight is 335 g/mol. The molecule has 3 N–H and O–H groups in total. The third-order valence-electron chi connectivity index (χ3n) is 3.22. The number of alkyl halides is 2. The van der Waals surface area contributed by atoms with Gasteiger partial charge >= 0.3 is 6.61 Å². The molecule has 24 heavy (non-hydrogen) atoms. The average Bonchev–Trinajstić information content (AvgIpc) is 2.55. The van der Waals surface area contributed by atoms with Gasteiger partial charge in [0.1, 0.15) is 11.5 Å². The summed E-state index contributed by atoms with van der Waals surface area (Å²) in [4.78, 5) is 4.18. The van der Waals surface area contributed by atoms with E-state index in [9.17, 15) is 8.78 Å². The highest BCUT2D eigenvalue weighted by atomic mass is 19.3. The van der Waals surface area contributed by atoms with Gasteiger partial charge in [0.05, 0.1) is 19.3 Å². The fourth-order valence-corrected chi connectivity index (χ4v) is 2.14. The van der Waals surface area contributed by atoms with Crippen LogP contribution in [0.2, 0.25) is 0 Å². The number of benzene rings is 2. The van der Waals surface area contributed by atoms with Crippen LogP contribution in [0.4, 0.5) is 14.5 Å². The number of para-hydroxylation sites is 2. The van der Waals surface area contributed by atoms with Crippen LogP contribution in [-0.4, -0.2) is 19.7 Å². The van der Waals surface area contributed by atoms with Crippen LogP contribution >= 0.6 is 0 Å². The number of methoxy groups -OCH3 is 1. The Morgan fingerprint density at radius 1 is 1.21 bits per heavy atom. The van der Waals surface area contributed by atoms with E-state index < -0.39 is 6.61 Å². The van der Waals surface area contributed by atoms with Crippen LogP contribution in [0, 0.1) is 6.92 Å². The molecule has 0 aromatic heterocycles. The van der Waals surface area contributed by atoms with Crippen LogP contribution in [0.3, 0.4) is 0 Å². The largest absolute Gasteiger partial charge is 0.495 e. The van der Waals surface area contributed by atoms with Gasteiger partial charge in [0, 0.05) is 5.56 Å². The minimum Gasteiger partial charge on any atom is -0.495 e. The van der Waals surface area contributed by atoms with Crippen LogP contribution in [0.25, 0.3) is 0 Å². The Labute approximate surface area is 139 Å². The lowest BCUT2D eigenvalue weighted by Gasteiger charge is -2.12. The molecule has 0 atom stereocenters. The molecule has 0 spiro atoms. The summed E-state index contributed by atoms with van der Waals surface area (Å²) in [6.07, 6.45) is 0. The molecule has 0 bridgehead atoms. The van der Waals surface area contributed by atoms with Crippen molar-refractivity contribution in [3.05, 3.63) is 53.6 Å². The Hall–Kier alpha value is -2.83. The van der Waals surface area contributed by atoms with Gasteiger partial charge in [-0.3, -0.25) is 0 Å². The molecule has 7 heteroatoms. The second kappa shape index (κ2) is 8.14. The lowest BCUT2D eigenvalue weighted by atomic mass is 10.1.